The van der Waals surface area contributed by atoms with Crippen LogP contribution in [0.5, 0.6) is 11.5 Å². The molecule has 1 aromatic rings. The first-order chi connectivity index (χ1) is 13.6. The number of hydrogen-bond donors (Lipinski definition) is 2. The van der Waals surface area contributed by atoms with Gasteiger partial charge in [0.25, 0.3) is 0 Å². The number of phenolic OH excluding ortho intramolecular Hbond substituents is 1. The monoisotopic (exact) mass is 385 g/mol. The van der Waals surface area contributed by atoms with Gasteiger partial charge >= 0.3 is 0 Å². The van der Waals surface area contributed by atoms with E-state index in [1.54, 1.807) is 6.07 Å². The van der Waals surface area contributed by atoms with Crippen molar-refractivity contribution in [2.75, 3.05) is 19.7 Å². The summed E-state index contributed by atoms with van der Waals surface area (Å²) < 4.78 is 12.5. The van der Waals surface area contributed by atoms with Crippen molar-refractivity contribution in [3.8, 4) is 11.5 Å². The number of nitrogens with zero attached hydrogens (tertiary/aromatic N) is 1. The van der Waals surface area contributed by atoms with Crippen molar-refractivity contribution in [2.24, 2.45) is 5.92 Å². The van der Waals surface area contributed by atoms with Crippen LogP contribution < -0.4 is 4.74 Å². The van der Waals surface area contributed by atoms with Gasteiger partial charge in [-0.2, -0.15) is 0 Å². The minimum atomic E-state index is -0.806. The summed E-state index contributed by atoms with van der Waals surface area (Å²) in [6, 6.07) is 3.97. The zero-order valence-corrected chi connectivity index (χ0v) is 16.7. The molecule has 1 saturated heterocycles. The lowest BCUT2D eigenvalue weighted by Crippen LogP contribution is -2.77. The van der Waals surface area contributed by atoms with Crippen molar-refractivity contribution >= 4 is 0 Å². The van der Waals surface area contributed by atoms with Gasteiger partial charge in [0.05, 0.1) is 17.1 Å². The van der Waals surface area contributed by atoms with E-state index in [0.29, 0.717) is 12.4 Å². The van der Waals surface area contributed by atoms with Crippen LogP contribution in [-0.4, -0.2) is 58.7 Å². The molecule has 2 saturated carbocycles. The number of benzene rings is 1. The zero-order valence-electron chi connectivity index (χ0n) is 16.7. The Labute approximate surface area is 166 Å². The summed E-state index contributed by atoms with van der Waals surface area (Å²) in [5.74, 6) is 1.61. The maximum atomic E-state index is 12.3. The van der Waals surface area contributed by atoms with E-state index < -0.39 is 11.0 Å². The Bertz CT molecular complexity index is 808. The SMILES string of the molecule is CCOC1CC[C@@]2(O)C3Cc4ccc(O)c5c4C2(CCN3CC2CCC2)[C@H]1O5. The summed E-state index contributed by atoms with van der Waals surface area (Å²) in [7, 11) is 0. The highest BCUT2D eigenvalue weighted by Crippen LogP contribution is 2.65. The number of piperidine rings is 1. The van der Waals surface area contributed by atoms with Crippen LogP contribution in [0.15, 0.2) is 12.1 Å². The minimum Gasteiger partial charge on any atom is -0.504 e. The molecule has 2 N–H and O–H groups in total. The standard InChI is InChI=1S/C23H31NO4/c1-2-27-17-8-9-23(26)18-12-15-6-7-16(25)20-19(15)22(23,21(17)28-20)10-11-24(18)13-14-4-3-5-14/h6-7,14,17-18,21,25-26H,2-5,8-13H2,1H3/t17?,18?,21-,22?,23+/m0/s1. The number of aliphatic hydroxyl groups is 1. The maximum absolute atomic E-state index is 12.3. The van der Waals surface area contributed by atoms with Crippen molar-refractivity contribution in [2.45, 2.75) is 81.1 Å². The Morgan fingerprint density at radius 1 is 1.25 bits per heavy atom. The fraction of sp³-hybridized carbons (Fsp3) is 0.739. The van der Waals surface area contributed by atoms with Gasteiger partial charge in [0.15, 0.2) is 11.5 Å². The van der Waals surface area contributed by atoms with Crippen LogP contribution in [0.1, 0.15) is 56.6 Å². The second-order valence-corrected chi connectivity index (χ2v) is 9.68. The van der Waals surface area contributed by atoms with Crippen molar-refractivity contribution in [1.29, 1.82) is 0 Å². The van der Waals surface area contributed by atoms with E-state index in [-0.39, 0.29) is 24.0 Å². The summed E-state index contributed by atoms with van der Waals surface area (Å²) >= 11 is 0. The molecular weight excluding hydrogens is 354 g/mol. The van der Waals surface area contributed by atoms with Crippen LogP contribution in [0.2, 0.25) is 0 Å². The summed E-state index contributed by atoms with van der Waals surface area (Å²) in [5.41, 5.74) is 1.08. The molecule has 5 atom stereocenters. The molecule has 152 valence electrons. The highest BCUT2D eigenvalue weighted by Gasteiger charge is 2.73. The highest BCUT2D eigenvalue weighted by molar-refractivity contribution is 5.62. The van der Waals surface area contributed by atoms with E-state index in [0.717, 1.165) is 50.3 Å². The molecule has 2 bridgehead atoms. The van der Waals surface area contributed by atoms with Gasteiger partial charge in [-0.15, -0.1) is 0 Å². The predicted octanol–water partition coefficient (Wildman–Crippen LogP) is 2.75. The quantitative estimate of drug-likeness (QED) is 0.835. The molecule has 3 unspecified atom stereocenters. The van der Waals surface area contributed by atoms with Gasteiger partial charge in [0.2, 0.25) is 0 Å². The Balaban J connectivity index is 1.49. The molecule has 1 spiro atoms. The lowest BCUT2D eigenvalue weighted by atomic mass is 9.48. The Hall–Kier alpha value is -1.30. The fourth-order valence-corrected chi connectivity index (χ4v) is 7.20. The van der Waals surface area contributed by atoms with Crippen molar-refractivity contribution < 1.29 is 19.7 Å². The summed E-state index contributed by atoms with van der Waals surface area (Å²) in [6.45, 7) is 4.78. The minimum absolute atomic E-state index is 0.0261. The molecule has 2 heterocycles. The van der Waals surface area contributed by atoms with Crippen molar-refractivity contribution in [3.63, 3.8) is 0 Å². The smallest absolute Gasteiger partial charge is 0.165 e. The largest absolute Gasteiger partial charge is 0.504 e. The first-order valence-corrected chi connectivity index (χ1v) is 11.2. The zero-order chi connectivity index (χ0) is 19.1. The molecule has 0 aromatic heterocycles. The molecule has 1 aromatic carbocycles. The van der Waals surface area contributed by atoms with Gasteiger partial charge in [-0.05, 0) is 69.5 Å². The van der Waals surface area contributed by atoms with Crippen LogP contribution >= 0.6 is 0 Å². The molecule has 5 nitrogen and oxygen atoms in total. The first kappa shape index (κ1) is 17.5. The third-order valence-corrected chi connectivity index (χ3v) is 8.62. The first-order valence-electron chi connectivity index (χ1n) is 11.2. The second kappa shape index (κ2) is 5.87. The van der Waals surface area contributed by atoms with Gasteiger partial charge in [-0.1, -0.05) is 12.5 Å². The number of likely N-dealkylation sites (tertiary alicyclic amines) is 1. The fourth-order valence-electron chi connectivity index (χ4n) is 7.20. The molecule has 3 aliphatic carbocycles. The molecular formula is C23H31NO4. The molecule has 0 amide bonds. The Morgan fingerprint density at radius 3 is 2.86 bits per heavy atom. The molecule has 5 heteroatoms. The number of phenols is 1. The third-order valence-electron chi connectivity index (χ3n) is 8.62. The topological polar surface area (TPSA) is 62.2 Å². The van der Waals surface area contributed by atoms with Crippen molar-refractivity contribution in [1.82, 2.24) is 4.90 Å². The predicted molar refractivity (Wildman–Crippen MR) is 105 cm³/mol. The number of ether oxygens (including phenoxy) is 2. The number of rotatable bonds is 4. The van der Waals surface area contributed by atoms with E-state index in [2.05, 4.69) is 11.0 Å². The van der Waals surface area contributed by atoms with Gasteiger partial charge in [-0.25, -0.2) is 0 Å². The number of aromatic hydroxyl groups is 1. The molecule has 28 heavy (non-hydrogen) atoms. The van der Waals surface area contributed by atoms with Gasteiger partial charge < -0.3 is 19.7 Å². The summed E-state index contributed by atoms with van der Waals surface area (Å²) in [5, 5.41) is 22.9. The van der Waals surface area contributed by atoms with E-state index in [1.165, 1.54) is 24.8 Å². The molecule has 2 aliphatic heterocycles. The second-order valence-electron chi connectivity index (χ2n) is 9.68. The van der Waals surface area contributed by atoms with E-state index in [4.69, 9.17) is 9.47 Å². The van der Waals surface area contributed by atoms with Gasteiger partial charge in [-0.3, -0.25) is 4.90 Å². The summed E-state index contributed by atoms with van der Waals surface area (Å²) in [4.78, 5) is 2.58. The van der Waals surface area contributed by atoms with Crippen LogP contribution in [0.25, 0.3) is 0 Å². The van der Waals surface area contributed by atoms with E-state index in [1.807, 2.05) is 6.92 Å². The third kappa shape index (κ3) is 1.98. The summed E-state index contributed by atoms with van der Waals surface area (Å²) in [6.07, 6.45) is 7.08. The van der Waals surface area contributed by atoms with E-state index in [9.17, 15) is 10.2 Å². The number of hydrogen-bond acceptors (Lipinski definition) is 5. The lowest BCUT2D eigenvalue weighted by molar-refractivity contribution is -0.216. The van der Waals surface area contributed by atoms with Gasteiger partial charge in [0, 0.05) is 24.8 Å². The lowest BCUT2D eigenvalue weighted by Gasteiger charge is -2.64. The van der Waals surface area contributed by atoms with Crippen LogP contribution in [0, 0.1) is 5.92 Å². The van der Waals surface area contributed by atoms with Crippen LogP contribution in [-0.2, 0) is 16.6 Å². The van der Waals surface area contributed by atoms with Crippen molar-refractivity contribution in [3.05, 3.63) is 23.3 Å². The molecule has 5 aliphatic rings. The van der Waals surface area contributed by atoms with Gasteiger partial charge in [0.1, 0.15) is 6.10 Å². The maximum Gasteiger partial charge on any atom is 0.165 e. The average Bonchev–Trinajstić information content (AvgIpc) is 2.99. The highest BCUT2D eigenvalue weighted by atomic mass is 16.6. The molecule has 0 radical (unpaired) electrons. The van der Waals surface area contributed by atoms with E-state index >= 15 is 0 Å². The molecule has 6 rings (SSSR count). The Morgan fingerprint density at radius 2 is 2.11 bits per heavy atom. The normalized spacial score (nSPS) is 41.3. The average molecular weight is 386 g/mol. The van der Waals surface area contributed by atoms with Crippen LogP contribution in [0.4, 0.5) is 0 Å². The molecule has 3 fully saturated rings. The Kier molecular flexibility index (Phi) is 3.68. The van der Waals surface area contributed by atoms with Crippen LogP contribution in [0.3, 0.4) is 0 Å².